The lowest BCUT2D eigenvalue weighted by Gasteiger charge is -2.32. The molecular formula is C21H16Cl2N4O. The zero-order chi connectivity index (χ0) is 19.3. The fourth-order valence-corrected chi connectivity index (χ4v) is 4.23. The number of benzene rings is 2. The summed E-state index contributed by atoms with van der Waals surface area (Å²) in [5.41, 5.74) is 3.36. The number of allylic oxidation sites excluding steroid dienone is 2. The summed E-state index contributed by atoms with van der Waals surface area (Å²) in [4.78, 5) is 17.5. The van der Waals surface area contributed by atoms with Gasteiger partial charge in [-0.15, -0.1) is 5.10 Å². The Morgan fingerprint density at radius 2 is 1.82 bits per heavy atom. The van der Waals surface area contributed by atoms with Crippen LogP contribution in [0.3, 0.4) is 0 Å². The van der Waals surface area contributed by atoms with E-state index >= 15 is 0 Å². The SMILES string of the molecule is O=C1CCCC2=C1C(c1ccccc1Cl)n1nc(-c3ccc(Cl)cc3)nc1N2. The number of hydrogen-bond donors (Lipinski definition) is 1. The van der Waals surface area contributed by atoms with Gasteiger partial charge in [0.2, 0.25) is 5.95 Å². The molecule has 1 atom stereocenters. The fourth-order valence-electron chi connectivity index (χ4n) is 3.86. The molecule has 0 saturated heterocycles. The van der Waals surface area contributed by atoms with E-state index in [2.05, 4.69) is 10.3 Å². The molecule has 2 aliphatic rings. The number of carbonyl (C=O) groups excluding carboxylic acids is 1. The Hall–Kier alpha value is -2.63. The van der Waals surface area contributed by atoms with Gasteiger partial charge in [-0.25, -0.2) is 4.68 Å². The number of ketones is 1. The zero-order valence-corrected chi connectivity index (χ0v) is 16.3. The molecule has 1 N–H and O–H groups in total. The number of rotatable bonds is 2. The first kappa shape index (κ1) is 17.5. The third-order valence-corrected chi connectivity index (χ3v) is 5.77. The Bertz CT molecular complexity index is 1120. The second kappa shape index (κ2) is 6.76. The normalized spacial score (nSPS) is 18.5. The Morgan fingerprint density at radius 3 is 2.61 bits per heavy atom. The molecule has 1 aliphatic carbocycles. The number of Topliss-reactive ketones (excluding diaryl/α,β-unsaturated/α-hetero) is 1. The first-order chi connectivity index (χ1) is 13.6. The van der Waals surface area contributed by atoms with Gasteiger partial charge in [0, 0.05) is 38.9 Å². The number of nitrogens with one attached hydrogen (secondary N) is 1. The topological polar surface area (TPSA) is 59.8 Å². The summed E-state index contributed by atoms with van der Waals surface area (Å²) in [6.07, 6.45) is 2.18. The van der Waals surface area contributed by atoms with Crippen molar-refractivity contribution in [2.75, 3.05) is 5.32 Å². The highest BCUT2D eigenvalue weighted by molar-refractivity contribution is 6.31. The molecule has 140 valence electrons. The van der Waals surface area contributed by atoms with E-state index in [9.17, 15) is 4.79 Å². The quantitative estimate of drug-likeness (QED) is 0.624. The van der Waals surface area contributed by atoms with E-state index in [-0.39, 0.29) is 11.8 Å². The van der Waals surface area contributed by atoms with Crippen LogP contribution in [0.25, 0.3) is 11.4 Å². The van der Waals surface area contributed by atoms with Crippen LogP contribution in [0, 0.1) is 0 Å². The second-order valence-corrected chi connectivity index (χ2v) is 7.77. The molecule has 7 heteroatoms. The third kappa shape index (κ3) is 2.82. The lowest BCUT2D eigenvalue weighted by molar-refractivity contribution is -0.116. The predicted molar refractivity (Wildman–Crippen MR) is 110 cm³/mol. The van der Waals surface area contributed by atoms with Crippen LogP contribution in [0.5, 0.6) is 0 Å². The van der Waals surface area contributed by atoms with Crippen LogP contribution >= 0.6 is 23.2 Å². The minimum atomic E-state index is -0.388. The van der Waals surface area contributed by atoms with Gasteiger partial charge >= 0.3 is 0 Å². The van der Waals surface area contributed by atoms with Crippen LogP contribution in [-0.2, 0) is 4.79 Å². The zero-order valence-electron chi connectivity index (χ0n) is 14.8. The molecule has 0 radical (unpaired) electrons. The highest BCUT2D eigenvalue weighted by Crippen LogP contribution is 2.42. The second-order valence-electron chi connectivity index (χ2n) is 6.93. The van der Waals surface area contributed by atoms with E-state index in [1.54, 1.807) is 4.68 Å². The molecule has 2 aromatic carbocycles. The summed E-state index contributed by atoms with van der Waals surface area (Å²) >= 11 is 12.5. The van der Waals surface area contributed by atoms with Crippen LogP contribution in [0.1, 0.15) is 30.9 Å². The molecule has 5 nitrogen and oxygen atoms in total. The highest BCUT2D eigenvalue weighted by atomic mass is 35.5. The maximum Gasteiger partial charge on any atom is 0.226 e. The number of fused-ring (bicyclic) bond motifs is 1. The molecule has 28 heavy (non-hydrogen) atoms. The van der Waals surface area contributed by atoms with E-state index < -0.39 is 0 Å². The van der Waals surface area contributed by atoms with Gasteiger partial charge in [0.25, 0.3) is 0 Å². The summed E-state index contributed by atoms with van der Waals surface area (Å²) in [6.45, 7) is 0. The van der Waals surface area contributed by atoms with E-state index in [1.165, 1.54) is 0 Å². The molecule has 3 aromatic rings. The molecule has 0 fully saturated rings. The van der Waals surface area contributed by atoms with E-state index in [1.807, 2.05) is 48.5 Å². The Balaban J connectivity index is 1.69. The average molecular weight is 411 g/mol. The average Bonchev–Trinajstić information content (AvgIpc) is 3.11. The Labute approximate surface area is 172 Å². The van der Waals surface area contributed by atoms with Gasteiger partial charge in [-0.2, -0.15) is 4.98 Å². The molecule has 2 heterocycles. The number of hydrogen-bond acceptors (Lipinski definition) is 4. The Kier molecular flexibility index (Phi) is 4.22. The molecule has 1 unspecified atom stereocenters. The summed E-state index contributed by atoms with van der Waals surface area (Å²) in [7, 11) is 0. The monoisotopic (exact) mass is 410 g/mol. The maximum absolute atomic E-state index is 12.8. The molecule has 0 bridgehead atoms. The van der Waals surface area contributed by atoms with Crippen LogP contribution < -0.4 is 5.32 Å². The number of nitrogens with zero attached hydrogens (tertiary/aromatic N) is 3. The molecule has 1 aromatic heterocycles. The number of carbonyl (C=O) groups is 1. The minimum Gasteiger partial charge on any atom is -0.328 e. The van der Waals surface area contributed by atoms with Crippen molar-refractivity contribution in [1.29, 1.82) is 0 Å². The van der Waals surface area contributed by atoms with Crippen molar-refractivity contribution in [2.45, 2.75) is 25.3 Å². The predicted octanol–water partition coefficient (Wildman–Crippen LogP) is 5.27. The van der Waals surface area contributed by atoms with Crippen molar-refractivity contribution in [1.82, 2.24) is 14.8 Å². The van der Waals surface area contributed by atoms with Gasteiger partial charge in [-0.05, 0) is 43.2 Å². The number of anilines is 1. The minimum absolute atomic E-state index is 0.132. The summed E-state index contributed by atoms with van der Waals surface area (Å²) < 4.78 is 1.77. The van der Waals surface area contributed by atoms with Crippen molar-refractivity contribution < 1.29 is 4.79 Å². The summed E-state index contributed by atoms with van der Waals surface area (Å²) in [5.74, 6) is 1.32. The van der Waals surface area contributed by atoms with Crippen molar-refractivity contribution >= 4 is 34.9 Å². The van der Waals surface area contributed by atoms with Gasteiger partial charge in [0.15, 0.2) is 11.6 Å². The lowest BCUT2D eigenvalue weighted by atomic mass is 9.85. The maximum atomic E-state index is 12.8. The van der Waals surface area contributed by atoms with Crippen LogP contribution in [-0.4, -0.2) is 20.5 Å². The van der Waals surface area contributed by atoms with Gasteiger partial charge in [-0.1, -0.05) is 41.4 Å². The number of halogens is 2. The smallest absolute Gasteiger partial charge is 0.226 e. The molecule has 0 spiro atoms. The van der Waals surface area contributed by atoms with E-state index in [0.29, 0.717) is 28.2 Å². The third-order valence-electron chi connectivity index (χ3n) is 5.17. The molecule has 1 aliphatic heterocycles. The van der Waals surface area contributed by atoms with Crippen LogP contribution in [0.4, 0.5) is 5.95 Å². The fraction of sp³-hybridized carbons (Fsp3) is 0.190. The van der Waals surface area contributed by atoms with Gasteiger partial charge in [0.05, 0.1) is 0 Å². The molecule has 0 amide bonds. The first-order valence-electron chi connectivity index (χ1n) is 9.12. The Morgan fingerprint density at radius 1 is 1.04 bits per heavy atom. The van der Waals surface area contributed by atoms with E-state index in [0.717, 1.165) is 35.2 Å². The van der Waals surface area contributed by atoms with Crippen molar-refractivity contribution in [3.8, 4) is 11.4 Å². The van der Waals surface area contributed by atoms with Crippen LogP contribution in [0.2, 0.25) is 10.0 Å². The van der Waals surface area contributed by atoms with E-state index in [4.69, 9.17) is 28.3 Å². The number of aromatic nitrogens is 3. The van der Waals surface area contributed by atoms with Crippen molar-refractivity contribution in [2.24, 2.45) is 0 Å². The van der Waals surface area contributed by atoms with Gasteiger partial charge in [0.1, 0.15) is 6.04 Å². The summed E-state index contributed by atoms with van der Waals surface area (Å²) in [6, 6.07) is 14.6. The lowest BCUT2D eigenvalue weighted by Crippen LogP contribution is -2.31. The summed E-state index contributed by atoms with van der Waals surface area (Å²) in [5, 5.41) is 9.32. The van der Waals surface area contributed by atoms with Crippen molar-refractivity contribution in [3.05, 3.63) is 75.4 Å². The molecule has 5 rings (SSSR count). The standard InChI is InChI=1S/C21H16Cl2N4O/c22-13-10-8-12(9-11-13)20-25-21-24-16-6-3-7-17(28)18(16)19(27(21)26-20)14-4-1-2-5-15(14)23/h1-2,4-5,8-11,19H,3,6-7H2,(H,24,25,26). The first-order valence-corrected chi connectivity index (χ1v) is 9.87. The molecule has 0 saturated carbocycles. The highest BCUT2D eigenvalue weighted by Gasteiger charge is 2.37. The molecular weight excluding hydrogens is 395 g/mol. The van der Waals surface area contributed by atoms with Crippen LogP contribution in [0.15, 0.2) is 59.8 Å². The van der Waals surface area contributed by atoms with Gasteiger partial charge in [-0.3, -0.25) is 4.79 Å². The van der Waals surface area contributed by atoms with Crippen molar-refractivity contribution in [3.63, 3.8) is 0 Å². The van der Waals surface area contributed by atoms with Gasteiger partial charge < -0.3 is 5.32 Å². The largest absolute Gasteiger partial charge is 0.328 e.